The van der Waals surface area contributed by atoms with Gasteiger partial charge in [0.2, 0.25) is 17.8 Å². The molecule has 5 rings (SSSR count). The lowest BCUT2D eigenvalue weighted by molar-refractivity contribution is -0.132. The van der Waals surface area contributed by atoms with Gasteiger partial charge in [-0.25, -0.2) is 8.78 Å². The number of alkyl halides is 2. The van der Waals surface area contributed by atoms with E-state index in [1.54, 1.807) is 0 Å². The minimum Gasteiger partial charge on any atom is -0.378 e. The van der Waals surface area contributed by atoms with E-state index in [0.717, 1.165) is 32.2 Å². The third-order valence-electron chi connectivity index (χ3n) is 8.36. The predicted octanol–water partition coefficient (Wildman–Crippen LogP) is 2.18. The molecule has 1 aliphatic carbocycles. The van der Waals surface area contributed by atoms with Crippen LogP contribution in [0.25, 0.3) is 11.4 Å². The first kappa shape index (κ1) is 30.0. The van der Waals surface area contributed by atoms with Crippen molar-refractivity contribution in [3.8, 4) is 11.4 Å². The molecule has 42 heavy (non-hydrogen) atoms. The normalized spacial score (nSPS) is 21.7. The van der Waals surface area contributed by atoms with E-state index in [4.69, 9.17) is 4.74 Å². The van der Waals surface area contributed by atoms with Crippen molar-refractivity contribution in [2.24, 2.45) is 11.8 Å². The molecule has 2 aliphatic heterocycles. The second-order valence-electron chi connectivity index (χ2n) is 11.2. The zero-order chi connectivity index (χ0) is 29.6. The van der Waals surface area contributed by atoms with Gasteiger partial charge < -0.3 is 19.4 Å². The van der Waals surface area contributed by atoms with Crippen LogP contribution in [0.2, 0.25) is 0 Å². The van der Waals surface area contributed by atoms with Gasteiger partial charge in [-0.15, -0.1) is 0 Å². The number of morpholine rings is 1. The average molecular weight is 588 g/mol. The lowest BCUT2D eigenvalue weighted by Gasteiger charge is -2.36. The smallest absolute Gasteiger partial charge is 0.282 e. The maximum Gasteiger partial charge on any atom is 0.282 e. The van der Waals surface area contributed by atoms with Gasteiger partial charge in [0.05, 0.1) is 25.3 Å². The van der Waals surface area contributed by atoms with Crippen LogP contribution in [0.4, 0.5) is 20.7 Å². The van der Waals surface area contributed by atoms with Crippen LogP contribution in [-0.4, -0.2) is 119 Å². The molecule has 0 aromatic carbocycles. The van der Waals surface area contributed by atoms with E-state index >= 15 is 0 Å². The van der Waals surface area contributed by atoms with Crippen molar-refractivity contribution in [2.45, 2.75) is 32.1 Å². The summed E-state index contributed by atoms with van der Waals surface area (Å²) in [6, 6.07) is 0. The molecule has 4 heterocycles. The van der Waals surface area contributed by atoms with E-state index in [2.05, 4.69) is 36.6 Å². The van der Waals surface area contributed by atoms with Crippen LogP contribution in [0.3, 0.4) is 0 Å². The van der Waals surface area contributed by atoms with Crippen LogP contribution < -0.4 is 9.80 Å². The highest BCUT2D eigenvalue weighted by atomic mass is 19.3. The van der Waals surface area contributed by atoms with Gasteiger partial charge in [-0.3, -0.25) is 19.6 Å². The van der Waals surface area contributed by atoms with E-state index in [1.165, 1.54) is 12.3 Å². The van der Waals surface area contributed by atoms with Crippen molar-refractivity contribution in [1.29, 1.82) is 0 Å². The summed E-state index contributed by atoms with van der Waals surface area (Å²) in [5.41, 5.74) is -0.265. The first-order chi connectivity index (χ1) is 20.3. The number of piperazine rings is 1. The van der Waals surface area contributed by atoms with Gasteiger partial charge in [0.15, 0.2) is 11.6 Å². The number of allylic oxidation sites excluding steroid dienone is 1. The summed E-state index contributed by atoms with van der Waals surface area (Å²) in [6.45, 7) is 9.00. The molecule has 14 heteroatoms. The van der Waals surface area contributed by atoms with Crippen LogP contribution in [0, 0.1) is 11.8 Å². The zero-order valence-electron chi connectivity index (χ0n) is 24.1. The second kappa shape index (κ2) is 13.6. The molecule has 0 atom stereocenters. The number of hydrogen-bond acceptors (Lipinski definition) is 10. The van der Waals surface area contributed by atoms with Gasteiger partial charge in [-0.05, 0) is 44.7 Å². The van der Waals surface area contributed by atoms with Crippen LogP contribution in [0.15, 0.2) is 18.9 Å². The molecule has 0 bridgehead atoms. The Hall–Kier alpha value is -3.52. The molecule has 1 N–H and O–H groups in total. The first-order valence-corrected chi connectivity index (χ1v) is 14.6. The molecule has 0 unspecified atom stereocenters. The van der Waals surface area contributed by atoms with Crippen molar-refractivity contribution < 1.29 is 23.1 Å². The van der Waals surface area contributed by atoms with Crippen molar-refractivity contribution in [3.63, 3.8) is 0 Å². The molecule has 3 fully saturated rings. The number of aromatic amines is 1. The number of ether oxygens (including phenoxy) is 1. The molecule has 2 aromatic rings. The Kier molecular flexibility index (Phi) is 9.73. The Labute approximate surface area is 244 Å². The number of nitrogens with zero attached hydrogens (tertiary/aromatic N) is 8. The predicted molar refractivity (Wildman–Crippen MR) is 152 cm³/mol. The SMILES string of the molecule is C=CC(=O)C1CCC(CN(C)CC(=O)N2CCN(c3nc(-c4c[nH]nc4C(F)F)nc(N4CCOCC4)n3)CC2)CC1. The number of carbonyl (C=O) groups is 2. The van der Waals surface area contributed by atoms with Gasteiger partial charge in [0, 0.05) is 57.9 Å². The summed E-state index contributed by atoms with van der Waals surface area (Å²) in [5.74, 6) is 1.71. The first-order valence-electron chi connectivity index (χ1n) is 14.6. The van der Waals surface area contributed by atoms with Gasteiger partial charge in [-0.2, -0.15) is 20.1 Å². The lowest BCUT2D eigenvalue weighted by atomic mass is 9.80. The molecule has 1 amide bonds. The number of nitrogens with one attached hydrogen (secondary N) is 1. The lowest BCUT2D eigenvalue weighted by Crippen LogP contribution is -2.51. The number of carbonyl (C=O) groups excluding carboxylic acids is 2. The van der Waals surface area contributed by atoms with Gasteiger partial charge in [-0.1, -0.05) is 6.58 Å². The molecule has 0 radical (unpaired) electrons. The van der Waals surface area contributed by atoms with Crippen LogP contribution >= 0.6 is 0 Å². The van der Waals surface area contributed by atoms with E-state index in [0.29, 0.717) is 76.8 Å². The highest BCUT2D eigenvalue weighted by Gasteiger charge is 2.29. The van der Waals surface area contributed by atoms with Gasteiger partial charge >= 0.3 is 0 Å². The minimum atomic E-state index is -2.78. The fourth-order valence-corrected chi connectivity index (χ4v) is 5.95. The Morgan fingerprint density at radius 1 is 1.05 bits per heavy atom. The largest absolute Gasteiger partial charge is 0.378 e. The summed E-state index contributed by atoms with van der Waals surface area (Å²) in [5, 5.41) is 6.19. The van der Waals surface area contributed by atoms with Crippen molar-refractivity contribution in [2.75, 3.05) is 82.4 Å². The van der Waals surface area contributed by atoms with Gasteiger partial charge in [0.1, 0.15) is 5.69 Å². The van der Waals surface area contributed by atoms with E-state index in [9.17, 15) is 18.4 Å². The monoisotopic (exact) mass is 587 g/mol. The van der Waals surface area contributed by atoms with E-state index < -0.39 is 12.1 Å². The van der Waals surface area contributed by atoms with Crippen LogP contribution in [0.5, 0.6) is 0 Å². The van der Waals surface area contributed by atoms with E-state index in [-0.39, 0.29) is 29.0 Å². The third-order valence-corrected chi connectivity index (χ3v) is 8.36. The number of halogens is 2. The fraction of sp³-hybridized carbons (Fsp3) is 0.643. The maximum atomic E-state index is 13.6. The molecular weight excluding hydrogens is 548 g/mol. The Balaban J connectivity index is 1.19. The minimum absolute atomic E-state index is 0.0676. The van der Waals surface area contributed by atoms with Crippen molar-refractivity contribution in [1.82, 2.24) is 34.9 Å². The molecule has 228 valence electrons. The van der Waals surface area contributed by atoms with Gasteiger partial charge in [0.25, 0.3) is 6.43 Å². The topological polar surface area (TPSA) is 124 Å². The maximum absolute atomic E-state index is 13.6. The average Bonchev–Trinajstić information content (AvgIpc) is 3.52. The quantitative estimate of drug-likeness (QED) is 0.414. The number of H-pyrrole nitrogens is 1. The molecular formula is C28H39F2N9O3. The third kappa shape index (κ3) is 7.09. The highest BCUT2D eigenvalue weighted by molar-refractivity contribution is 5.91. The molecule has 12 nitrogen and oxygen atoms in total. The van der Waals surface area contributed by atoms with E-state index in [1.807, 2.05) is 21.7 Å². The van der Waals surface area contributed by atoms with Crippen molar-refractivity contribution >= 4 is 23.6 Å². The Bertz CT molecular complexity index is 1240. The highest BCUT2D eigenvalue weighted by Crippen LogP contribution is 2.31. The number of ketones is 1. The van der Waals surface area contributed by atoms with Crippen LogP contribution in [0.1, 0.15) is 37.8 Å². The number of aromatic nitrogens is 5. The van der Waals surface area contributed by atoms with Crippen LogP contribution in [-0.2, 0) is 14.3 Å². The fourth-order valence-electron chi connectivity index (χ4n) is 5.95. The molecule has 0 spiro atoms. The zero-order valence-corrected chi connectivity index (χ0v) is 24.1. The number of rotatable bonds is 10. The molecule has 2 saturated heterocycles. The number of anilines is 2. The summed E-state index contributed by atoms with van der Waals surface area (Å²) < 4.78 is 32.7. The Morgan fingerprint density at radius 3 is 2.31 bits per heavy atom. The summed E-state index contributed by atoms with van der Waals surface area (Å²) in [4.78, 5) is 46.6. The Morgan fingerprint density at radius 2 is 1.69 bits per heavy atom. The van der Waals surface area contributed by atoms with Crippen molar-refractivity contribution in [3.05, 3.63) is 24.5 Å². The number of hydrogen-bond donors (Lipinski definition) is 1. The standard InChI is InChI=1S/C28H39F2N9O3/c1-3-22(40)20-6-4-19(5-7-20)17-36(2)18-23(41)37-8-10-38(11-9-37)27-32-26(21-16-31-35-24(21)25(29)30)33-28(34-27)39-12-14-42-15-13-39/h3,16,19-20,25H,1,4-15,17-18H2,2H3,(H,31,35). The summed E-state index contributed by atoms with van der Waals surface area (Å²) >= 11 is 0. The number of likely N-dealkylation sites (N-methyl/N-ethyl adjacent to an activating group) is 1. The molecule has 2 aromatic heterocycles. The summed E-state index contributed by atoms with van der Waals surface area (Å²) in [6.07, 6.45) is 3.77. The summed E-state index contributed by atoms with van der Waals surface area (Å²) in [7, 11) is 1.97. The second-order valence-corrected chi connectivity index (χ2v) is 11.2. The molecule has 1 saturated carbocycles. The molecule has 3 aliphatic rings. The number of amides is 1.